The Morgan fingerprint density at radius 3 is 2.43 bits per heavy atom. The Bertz CT molecular complexity index is 746. The van der Waals surface area contributed by atoms with Crippen LogP contribution in [0, 0.1) is 0 Å². The van der Waals surface area contributed by atoms with Crippen molar-refractivity contribution in [3.8, 4) is 0 Å². The molecule has 10 heteroatoms. The summed E-state index contributed by atoms with van der Waals surface area (Å²) in [6.45, 7) is 2.27. The monoisotopic (exact) mass is 410 g/mol. The Kier molecular flexibility index (Phi) is 9.56. The van der Waals surface area contributed by atoms with Crippen LogP contribution >= 0.6 is 11.8 Å². The minimum atomic E-state index is -0.977. The lowest BCUT2D eigenvalue weighted by molar-refractivity contribution is -0.143. The zero-order chi connectivity index (χ0) is 21.8. The lowest BCUT2D eigenvalue weighted by Crippen LogP contribution is -2.49. The van der Waals surface area contributed by atoms with Crippen LogP contribution in [0.4, 0.5) is 0 Å². The SMILES string of the molecule is [2H]N(CC(=O)N[C@@H](C)C(=O)NCC(=O)OCC)C(=O)CSC(=O)c1ccccc1. The van der Waals surface area contributed by atoms with Crippen molar-refractivity contribution in [2.45, 2.75) is 19.9 Å². The Morgan fingerprint density at radius 1 is 1.11 bits per heavy atom. The first-order valence-corrected chi connectivity index (χ1v) is 9.47. The van der Waals surface area contributed by atoms with E-state index in [-0.39, 0.29) is 24.0 Å². The van der Waals surface area contributed by atoms with Gasteiger partial charge in [-0.25, -0.2) is 0 Å². The van der Waals surface area contributed by atoms with E-state index in [0.717, 1.165) is 11.8 Å². The van der Waals surface area contributed by atoms with Crippen LogP contribution in [0.1, 0.15) is 24.2 Å². The van der Waals surface area contributed by atoms with Gasteiger partial charge < -0.3 is 20.7 Å². The molecule has 1 aromatic carbocycles. The van der Waals surface area contributed by atoms with Crippen LogP contribution in [0.3, 0.4) is 0 Å². The molecule has 28 heavy (non-hydrogen) atoms. The van der Waals surface area contributed by atoms with Crippen molar-refractivity contribution in [1.29, 1.82) is 0 Å². The Labute approximate surface area is 168 Å². The Hall–Kier alpha value is -2.88. The van der Waals surface area contributed by atoms with Gasteiger partial charge in [0.05, 0.1) is 18.9 Å². The van der Waals surface area contributed by atoms with E-state index in [1.54, 1.807) is 37.3 Å². The summed E-state index contributed by atoms with van der Waals surface area (Å²) < 4.78 is 12.3. The summed E-state index contributed by atoms with van der Waals surface area (Å²) >= 11 is 0.735. The first kappa shape index (κ1) is 21.4. The van der Waals surface area contributed by atoms with E-state index >= 15 is 0 Å². The van der Waals surface area contributed by atoms with Gasteiger partial charge in [0.15, 0.2) is 1.41 Å². The predicted octanol–water partition coefficient (Wildman–Crippen LogP) is -0.140. The van der Waals surface area contributed by atoms with Gasteiger partial charge in [0.1, 0.15) is 12.6 Å². The summed E-state index contributed by atoms with van der Waals surface area (Å²) in [6, 6.07) is 7.39. The number of carbonyl (C=O) groups excluding carboxylic acids is 5. The van der Waals surface area contributed by atoms with E-state index < -0.39 is 36.3 Å². The topological polar surface area (TPSA) is 131 Å². The van der Waals surface area contributed by atoms with Crippen molar-refractivity contribution in [1.82, 2.24) is 15.9 Å². The van der Waals surface area contributed by atoms with E-state index in [1.165, 1.54) is 6.92 Å². The molecule has 0 spiro atoms. The zero-order valence-corrected chi connectivity index (χ0v) is 16.4. The number of rotatable bonds is 10. The van der Waals surface area contributed by atoms with Crippen molar-refractivity contribution >= 4 is 40.6 Å². The molecule has 3 N–H and O–H groups in total. The molecular weight excluding hydrogens is 386 g/mol. The highest BCUT2D eigenvalue weighted by atomic mass is 32.2. The quantitative estimate of drug-likeness (QED) is 0.458. The third-order valence-electron chi connectivity index (χ3n) is 3.22. The van der Waals surface area contributed by atoms with Gasteiger partial charge in [-0.05, 0) is 13.8 Å². The van der Waals surface area contributed by atoms with E-state index in [4.69, 9.17) is 1.41 Å². The molecule has 0 radical (unpaired) electrons. The number of hydrogen-bond donors (Lipinski definition) is 3. The van der Waals surface area contributed by atoms with Crippen LogP contribution in [0.2, 0.25) is 1.41 Å². The highest BCUT2D eigenvalue weighted by Gasteiger charge is 2.17. The van der Waals surface area contributed by atoms with Gasteiger partial charge >= 0.3 is 5.97 Å². The fourth-order valence-electron chi connectivity index (χ4n) is 1.87. The first-order chi connectivity index (χ1) is 13.7. The summed E-state index contributed by atoms with van der Waals surface area (Å²) in [4.78, 5) is 58.8. The number of benzene rings is 1. The van der Waals surface area contributed by atoms with Gasteiger partial charge in [-0.2, -0.15) is 0 Å². The van der Waals surface area contributed by atoms with Gasteiger partial charge in [0, 0.05) is 5.56 Å². The highest BCUT2D eigenvalue weighted by molar-refractivity contribution is 8.14. The maximum absolute atomic E-state index is 11.9. The van der Waals surface area contributed by atoms with Gasteiger partial charge in [0.25, 0.3) is 0 Å². The van der Waals surface area contributed by atoms with Gasteiger partial charge in [-0.1, -0.05) is 42.1 Å². The van der Waals surface area contributed by atoms with E-state index in [1.807, 2.05) is 0 Å². The van der Waals surface area contributed by atoms with Crippen molar-refractivity contribution in [3.63, 3.8) is 0 Å². The van der Waals surface area contributed by atoms with Crippen LogP contribution in [0.25, 0.3) is 0 Å². The number of nitrogens with one attached hydrogen (secondary N) is 3. The summed E-state index contributed by atoms with van der Waals surface area (Å²) in [6.07, 6.45) is 0. The largest absolute Gasteiger partial charge is 0.465 e. The Morgan fingerprint density at radius 2 is 1.79 bits per heavy atom. The molecule has 0 fully saturated rings. The molecule has 0 aliphatic carbocycles. The lowest BCUT2D eigenvalue weighted by atomic mass is 10.2. The molecule has 0 saturated heterocycles. The number of carbonyl (C=O) groups is 5. The standard InChI is InChI=1S/C18H23N3O6S/c1-3-27-16(24)10-20-17(25)12(2)21-14(22)9-19-15(23)11-28-18(26)13-7-5-4-6-8-13/h4-8,12H,3,9-11H2,1-2H3,(H,19,23)(H,20,25)(H,21,22)/t12-/m0/s1/i/hD. The number of esters is 1. The fourth-order valence-corrected chi connectivity index (χ4v) is 2.52. The summed E-state index contributed by atoms with van der Waals surface area (Å²) in [7, 11) is 0. The van der Waals surface area contributed by atoms with Gasteiger partial charge in [0.2, 0.25) is 22.8 Å². The smallest absolute Gasteiger partial charge is 0.325 e. The molecular formula is C18H23N3O6S. The van der Waals surface area contributed by atoms with Gasteiger partial charge in [-0.3, -0.25) is 24.0 Å². The van der Waals surface area contributed by atoms with Crippen molar-refractivity contribution in [2.24, 2.45) is 0 Å². The number of ether oxygens (including phenoxy) is 1. The summed E-state index contributed by atoms with van der Waals surface area (Å²) in [5.74, 6) is -2.97. The van der Waals surface area contributed by atoms with Crippen molar-refractivity contribution < 1.29 is 30.1 Å². The molecule has 0 aromatic heterocycles. The molecule has 0 aliphatic rings. The molecule has 3 amide bonds. The molecule has 0 heterocycles. The van der Waals surface area contributed by atoms with Crippen molar-refractivity contribution in [2.75, 3.05) is 25.4 Å². The van der Waals surface area contributed by atoms with E-state index in [9.17, 15) is 24.0 Å². The molecule has 0 unspecified atom stereocenters. The van der Waals surface area contributed by atoms with Crippen LogP contribution in [0.15, 0.2) is 30.3 Å². The molecule has 0 bridgehead atoms. The minimum Gasteiger partial charge on any atom is -0.465 e. The normalized spacial score (nSPS) is 11.6. The average molecular weight is 410 g/mol. The minimum absolute atomic E-state index is 0.184. The summed E-state index contributed by atoms with van der Waals surface area (Å²) in [5.41, 5.74) is 0.433. The second kappa shape index (κ2) is 12.5. The van der Waals surface area contributed by atoms with Crippen LogP contribution in [-0.4, -0.2) is 60.3 Å². The number of hydrogen-bond acceptors (Lipinski definition) is 7. The lowest BCUT2D eigenvalue weighted by Gasteiger charge is -2.14. The highest BCUT2D eigenvalue weighted by Crippen LogP contribution is 2.11. The second-order valence-electron chi connectivity index (χ2n) is 5.46. The second-order valence-corrected chi connectivity index (χ2v) is 6.41. The van der Waals surface area contributed by atoms with Crippen LogP contribution in [0.5, 0.6) is 0 Å². The predicted molar refractivity (Wildman–Crippen MR) is 103 cm³/mol. The maximum atomic E-state index is 11.9. The Balaban J connectivity index is 2.36. The molecule has 1 atom stereocenters. The van der Waals surface area contributed by atoms with Gasteiger partial charge in [-0.15, -0.1) is 0 Å². The first-order valence-electron chi connectivity index (χ1n) is 8.93. The molecule has 152 valence electrons. The number of amides is 3. The van der Waals surface area contributed by atoms with E-state index in [0.29, 0.717) is 10.9 Å². The molecule has 0 aliphatic heterocycles. The maximum Gasteiger partial charge on any atom is 0.325 e. The average Bonchev–Trinajstić information content (AvgIpc) is 2.70. The van der Waals surface area contributed by atoms with Crippen LogP contribution < -0.4 is 15.9 Å². The molecule has 1 rings (SSSR count). The molecule has 1 aromatic rings. The fraction of sp³-hybridized carbons (Fsp3) is 0.389. The van der Waals surface area contributed by atoms with Crippen molar-refractivity contribution in [3.05, 3.63) is 35.9 Å². The zero-order valence-electron chi connectivity index (χ0n) is 16.6. The van der Waals surface area contributed by atoms with E-state index in [2.05, 4.69) is 15.4 Å². The third-order valence-corrected chi connectivity index (χ3v) is 4.11. The van der Waals surface area contributed by atoms with Crippen LogP contribution in [-0.2, 0) is 23.9 Å². The summed E-state index contributed by atoms with van der Waals surface area (Å²) in [5, 5.41) is 4.73. The number of thioether (sulfide) groups is 1. The molecule has 9 nitrogen and oxygen atoms in total. The third kappa shape index (κ3) is 9.17. The molecule has 0 saturated carbocycles.